The van der Waals surface area contributed by atoms with E-state index in [1.54, 1.807) is 11.8 Å². The van der Waals surface area contributed by atoms with E-state index in [2.05, 4.69) is 10.2 Å². The number of para-hydroxylation sites is 1. The number of hydrogen-bond donors (Lipinski definition) is 1. The fraction of sp³-hybridized carbons (Fsp3) is 0.400. The predicted octanol–water partition coefficient (Wildman–Crippen LogP) is 1.25. The van der Waals surface area contributed by atoms with Crippen LogP contribution >= 0.6 is 0 Å². The zero-order chi connectivity index (χ0) is 14.9. The lowest BCUT2D eigenvalue weighted by Crippen LogP contribution is -2.48. The number of benzene rings is 1. The van der Waals surface area contributed by atoms with Crippen molar-refractivity contribution in [2.75, 3.05) is 13.1 Å². The number of amides is 1. The minimum absolute atomic E-state index is 0.183. The number of nitrogens with zero attached hydrogens (tertiary/aromatic N) is 4. The van der Waals surface area contributed by atoms with Gasteiger partial charge in [-0.3, -0.25) is 4.79 Å². The van der Waals surface area contributed by atoms with Crippen LogP contribution in [0.2, 0.25) is 0 Å². The summed E-state index contributed by atoms with van der Waals surface area (Å²) in [7, 11) is 0. The van der Waals surface area contributed by atoms with Gasteiger partial charge in [-0.15, -0.1) is 5.10 Å². The van der Waals surface area contributed by atoms with Crippen molar-refractivity contribution < 1.29 is 9.90 Å². The molecule has 1 saturated heterocycles. The first-order valence-corrected chi connectivity index (χ1v) is 7.05. The third kappa shape index (κ3) is 2.95. The summed E-state index contributed by atoms with van der Waals surface area (Å²) < 4.78 is 0. The Morgan fingerprint density at radius 1 is 1.33 bits per heavy atom. The average Bonchev–Trinajstić information content (AvgIpc) is 2.96. The maximum atomic E-state index is 12.4. The largest absolute Gasteiger partial charge is 0.388 e. The van der Waals surface area contributed by atoms with Gasteiger partial charge >= 0.3 is 0 Å². The van der Waals surface area contributed by atoms with Crippen LogP contribution in [0.4, 0.5) is 0 Å². The number of aliphatic hydroxyl groups is 1. The van der Waals surface area contributed by atoms with E-state index in [1.807, 2.05) is 30.3 Å². The summed E-state index contributed by atoms with van der Waals surface area (Å²) >= 11 is 0. The summed E-state index contributed by atoms with van der Waals surface area (Å²) in [6, 6.07) is 9.44. The van der Waals surface area contributed by atoms with Crippen molar-refractivity contribution in [3.63, 3.8) is 0 Å². The summed E-state index contributed by atoms with van der Waals surface area (Å²) in [4.78, 5) is 15.5. The molecule has 1 atom stereocenters. The molecule has 6 heteroatoms. The fourth-order valence-corrected chi connectivity index (χ4v) is 2.60. The van der Waals surface area contributed by atoms with Crippen LogP contribution in [0.3, 0.4) is 0 Å². The summed E-state index contributed by atoms with van der Waals surface area (Å²) in [6.07, 6.45) is 2.98. The first-order valence-electron chi connectivity index (χ1n) is 7.05. The maximum absolute atomic E-state index is 12.4. The Balaban J connectivity index is 1.78. The molecule has 6 nitrogen and oxygen atoms in total. The Labute approximate surface area is 123 Å². The Bertz CT molecular complexity index is 636. The van der Waals surface area contributed by atoms with Crippen LogP contribution in [-0.2, 0) is 0 Å². The Morgan fingerprint density at radius 3 is 2.81 bits per heavy atom. The van der Waals surface area contributed by atoms with Crippen molar-refractivity contribution in [2.24, 2.45) is 0 Å². The molecule has 1 amide bonds. The zero-order valence-corrected chi connectivity index (χ0v) is 11.9. The maximum Gasteiger partial charge on any atom is 0.276 e. The number of carbonyl (C=O) groups is 1. The molecule has 0 aliphatic carbocycles. The molecule has 2 heterocycles. The minimum atomic E-state index is -0.816. The first-order chi connectivity index (χ1) is 10.1. The van der Waals surface area contributed by atoms with Crippen molar-refractivity contribution in [1.82, 2.24) is 19.9 Å². The molecule has 21 heavy (non-hydrogen) atoms. The van der Waals surface area contributed by atoms with Gasteiger partial charge in [-0.05, 0) is 31.9 Å². The van der Waals surface area contributed by atoms with Gasteiger partial charge < -0.3 is 10.0 Å². The van der Waals surface area contributed by atoms with Gasteiger partial charge in [-0.2, -0.15) is 9.90 Å². The second kappa shape index (κ2) is 5.29. The molecule has 1 aromatic carbocycles. The summed E-state index contributed by atoms with van der Waals surface area (Å²) in [5, 5.41) is 18.5. The van der Waals surface area contributed by atoms with Gasteiger partial charge in [0, 0.05) is 13.1 Å². The highest BCUT2D eigenvalue weighted by atomic mass is 16.3. The van der Waals surface area contributed by atoms with Crippen LogP contribution in [-0.4, -0.2) is 49.6 Å². The van der Waals surface area contributed by atoms with E-state index in [4.69, 9.17) is 0 Å². The van der Waals surface area contributed by atoms with Crippen molar-refractivity contribution in [1.29, 1.82) is 0 Å². The Hall–Kier alpha value is -2.21. The third-order valence-corrected chi connectivity index (χ3v) is 3.66. The lowest BCUT2D eigenvalue weighted by Gasteiger charge is -2.36. The van der Waals surface area contributed by atoms with E-state index in [0.29, 0.717) is 25.2 Å². The van der Waals surface area contributed by atoms with Gasteiger partial charge in [0.25, 0.3) is 5.91 Å². The van der Waals surface area contributed by atoms with Gasteiger partial charge in [-0.1, -0.05) is 18.2 Å². The van der Waals surface area contributed by atoms with Gasteiger partial charge in [0.05, 0.1) is 17.5 Å². The highest BCUT2D eigenvalue weighted by molar-refractivity contribution is 5.92. The number of β-amino-alcohol motifs (C(OH)–C–C–N with tert-alkyl or cyclic N) is 1. The molecule has 1 aliphatic heterocycles. The molecule has 3 rings (SSSR count). The summed E-state index contributed by atoms with van der Waals surface area (Å²) in [5.41, 5.74) is 0.294. The third-order valence-electron chi connectivity index (χ3n) is 3.66. The van der Waals surface area contributed by atoms with E-state index in [0.717, 1.165) is 12.1 Å². The van der Waals surface area contributed by atoms with Crippen LogP contribution in [0.5, 0.6) is 0 Å². The van der Waals surface area contributed by atoms with E-state index in [9.17, 15) is 9.90 Å². The van der Waals surface area contributed by atoms with Gasteiger partial charge in [0.15, 0.2) is 5.69 Å². The second-order valence-electron chi connectivity index (χ2n) is 5.68. The lowest BCUT2D eigenvalue weighted by molar-refractivity contribution is -0.0109. The van der Waals surface area contributed by atoms with Crippen LogP contribution < -0.4 is 0 Å². The standard InChI is InChI=1S/C15H18N4O2/c1-15(21)8-5-9-18(11-15)14(20)13-10-16-19(17-13)12-6-3-2-4-7-12/h2-4,6-7,10,21H,5,8-9,11H2,1H3. The number of rotatable bonds is 2. The van der Waals surface area contributed by atoms with Gasteiger partial charge in [-0.25, -0.2) is 0 Å². The second-order valence-corrected chi connectivity index (χ2v) is 5.68. The molecule has 0 bridgehead atoms. The van der Waals surface area contributed by atoms with Crippen LogP contribution in [0.1, 0.15) is 30.3 Å². The molecule has 2 aromatic rings. The number of aromatic nitrogens is 3. The van der Waals surface area contributed by atoms with Crippen LogP contribution in [0, 0.1) is 0 Å². The molecule has 1 aliphatic rings. The molecular weight excluding hydrogens is 268 g/mol. The minimum Gasteiger partial charge on any atom is -0.388 e. The molecule has 1 fully saturated rings. The fourth-order valence-electron chi connectivity index (χ4n) is 2.60. The van der Waals surface area contributed by atoms with Gasteiger partial charge in [0.2, 0.25) is 0 Å². The molecule has 0 radical (unpaired) electrons. The molecule has 0 saturated carbocycles. The van der Waals surface area contributed by atoms with Crippen molar-refractivity contribution in [3.8, 4) is 5.69 Å². The van der Waals surface area contributed by atoms with E-state index in [-0.39, 0.29) is 5.91 Å². The summed E-state index contributed by atoms with van der Waals surface area (Å²) in [6.45, 7) is 2.74. The van der Waals surface area contributed by atoms with E-state index >= 15 is 0 Å². The molecule has 0 spiro atoms. The van der Waals surface area contributed by atoms with Crippen LogP contribution in [0.15, 0.2) is 36.5 Å². The number of piperidine rings is 1. The highest BCUT2D eigenvalue weighted by Gasteiger charge is 2.32. The highest BCUT2D eigenvalue weighted by Crippen LogP contribution is 2.21. The quantitative estimate of drug-likeness (QED) is 0.902. The Kier molecular flexibility index (Phi) is 3.47. The smallest absolute Gasteiger partial charge is 0.276 e. The molecule has 110 valence electrons. The topological polar surface area (TPSA) is 71.2 Å². The van der Waals surface area contributed by atoms with Crippen molar-refractivity contribution in [3.05, 3.63) is 42.2 Å². The predicted molar refractivity (Wildman–Crippen MR) is 77.1 cm³/mol. The van der Waals surface area contributed by atoms with E-state index < -0.39 is 5.60 Å². The average molecular weight is 286 g/mol. The monoisotopic (exact) mass is 286 g/mol. The van der Waals surface area contributed by atoms with Gasteiger partial charge in [0.1, 0.15) is 0 Å². The molecule has 1 N–H and O–H groups in total. The molecule has 1 aromatic heterocycles. The number of hydrogen-bond acceptors (Lipinski definition) is 4. The number of likely N-dealkylation sites (tertiary alicyclic amines) is 1. The SMILES string of the molecule is CC1(O)CCCN(C(=O)c2cnn(-c3ccccc3)n2)C1. The lowest BCUT2D eigenvalue weighted by atomic mass is 9.95. The summed E-state index contributed by atoms with van der Waals surface area (Å²) in [5.74, 6) is -0.183. The molecule has 1 unspecified atom stereocenters. The van der Waals surface area contributed by atoms with Crippen LogP contribution in [0.25, 0.3) is 5.69 Å². The van der Waals surface area contributed by atoms with Crippen molar-refractivity contribution >= 4 is 5.91 Å². The Morgan fingerprint density at radius 2 is 2.10 bits per heavy atom. The molecular formula is C15H18N4O2. The van der Waals surface area contributed by atoms with Crippen molar-refractivity contribution in [2.45, 2.75) is 25.4 Å². The normalized spacial score (nSPS) is 22.3. The zero-order valence-electron chi connectivity index (χ0n) is 11.9. The number of carbonyl (C=O) groups excluding carboxylic acids is 1. The first kappa shape index (κ1) is 13.8. The van der Waals surface area contributed by atoms with E-state index in [1.165, 1.54) is 11.0 Å².